The van der Waals surface area contributed by atoms with Crippen molar-refractivity contribution in [3.05, 3.63) is 239 Å². The van der Waals surface area contributed by atoms with Crippen molar-refractivity contribution >= 4 is 60.8 Å². The summed E-state index contributed by atoms with van der Waals surface area (Å²) in [6, 6.07) is 65.2. The highest BCUT2D eigenvalue weighted by Gasteiger charge is 2.52. The van der Waals surface area contributed by atoms with E-state index in [9.17, 15) is 0 Å². The van der Waals surface area contributed by atoms with E-state index < -0.39 is 8.07 Å². The van der Waals surface area contributed by atoms with Gasteiger partial charge >= 0.3 is 0 Å². The molecule has 0 N–H and O–H groups in total. The summed E-state index contributed by atoms with van der Waals surface area (Å²) in [7, 11) is -2.88. The van der Waals surface area contributed by atoms with Crippen LogP contribution in [0.1, 0.15) is 46.9 Å². The molecule has 0 bridgehead atoms. The highest BCUT2D eigenvalue weighted by atomic mass is 32.1. The molecule has 3 heteroatoms. The van der Waals surface area contributed by atoms with E-state index in [1.165, 1.54) is 85.7 Å². The van der Waals surface area contributed by atoms with Crippen LogP contribution in [0.2, 0.25) is 0 Å². The summed E-state index contributed by atoms with van der Waals surface area (Å²) in [4.78, 5) is 2.69. The lowest BCUT2D eigenvalue weighted by Crippen LogP contribution is -2.71. The molecule has 1 aromatic heterocycles. The van der Waals surface area contributed by atoms with Gasteiger partial charge in [-0.1, -0.05) is 182 Å². The van der Waals surface area contributed by atoms with Crippen LogP contribution in [0.5, 0.6) is 0 Å². The van der Waals surface area contributed by atoms with E-state index in [-0.39, 0.29) is 17.9 Å². The van der Waals surface area contributed by atoms with Crippen LogP contribution in [-0.4, -0.2) is 14.1 Å². The molecule has 0 spiro atoms. The lowest BCUT2D eigenvalue weighted by molar-refractivity contribution is 0.710. The maximum absolute atomic E-state index is 2.88. The number of fused-ring (bicyclic) bond motifs is 10. The topological polar surface area (TPSA) is 3.24 Å². The molecule has 0 radical (unpaired) electrons. The second-order valence-electron chi connectivity index (χ2n) is 16.5. The molecule has 0 amide bonds. The lowest BCUT2D eigenvalue weighted by atomic mass is 9.88. The molecule has 282 valence electrons. The largest absolute Gasteiger partial charge is 0.334 e. The van der Waals surface area contributed by atoms with E-state index in [1.54, 1.807) is 0 Å². The van der Waals surface area contributed by atoms with Crippen molar-refractivity contribution < 1.29 is 0 Å². The summed E-state index contributed by atoms with van der Waals surface area (Å²) in [5.41, 5.74) is 11.2. The normalized spacial score (nSPS) is 19.0. The smallest absolute Gasteiger partial charge is 0.177 e. The van der Waals surface area contributed by atoms with Gasteiger partial charge in [-0.25, -0.2) is 0 Å². The second-order valence-corrected chi connectivity index (χ2v) is 21.4. The van der Waals surface area contributed by atoms with Gasteiger partial charge in [-0.05, 0) is 97.7 Å². The van der Waals surface area contributed by atoms with Crippen LogP contribution in [-0.2, 0) is 6.42 Å². The van der Waals surface area contributed by atoms with Crippen molar-refractivity contribution in [1.29, 1.82) is 0 Å². The maximum atomic E-state index is 2.69. The second kappa shape index (κ2) is 13.9. The summed E-state index contributed by atoms with van der Waals surface area (Å²) >= 11 is 1.92. The molecule has 59 heavy (non-hydrogen) atoms. The molecule has 1 aliphatic heterocycles. The van der Waals surface area contributed by atoms with Crippen LogP contribution in [0.4, 0.5) is 5.69 Å². The van der Waals surface area contributed by atoms with Gasteiger partial charge in [-0.3, -0.25) is 0 Å². The predicted octanol–water partition coefficient (Wildman–Crippen LogP) is 12.1. The van der Waals surface area contributed by atoms with Crippen molar-refractivity contribution in [2.24, 2.45) is 0 Å². The highest BCUT2D eigenvalue weighted by Crippen LogP contribution is 2.53. The number of thiophene rings is 1. The van der Waals surface area contributed by atoms with Gasteiger partial charge in [0.2, 0.25) is 0 Å². The monoisotopic (exact) mass is 789 g/mol. The van der Waals surface area contributed by atoms with Crippen LogP contribution in [0.15, 0.2) is 217 Å². The Morgan fingerprint density at radius 2 is 1.29 bits per heavy atom. The van der Waals surface area contributed by atoms with Crippen molar-refractivity contribution in [3.63, 3.8) is 0 Å². The fourth-order valence-electron chi connectivity index (χ4n) is 11.2. The van der Waals surface area contributed by atoms with Gasteiger partial charge in [0.05, 0.1) is 6.04 Å². The van der Waals surface area contributed by atoms with Crippen molar-refractivity contribution in [3.8, 4) is 11.1 Å². The fourth-order valence-corrected chi connectivity index (χ4v) is 17.4. The number of benzene rings is 7. The third kappa shape index (κ3) is 5.28. The predicted molar refractivity (Wildman–Crippen MR) is 253 cm³/mol. The van der Waals surface area contributed by atoms with Crippen LogP contribution in [0, 0.1) is 0 Å². The van der Waals surface area contributed by atoms with Gasteiger partial charge in [0.1, 0.15) is 0 Å². The maximum Gasteiger partial charge on any atom is 0.177 e. The quantitative estimate of drug-likeness (QED) is 0.115. The van der Waals surface area contributed by atoms with E-state index >= 15 is 0 Å². The first-order valence-corrected chi connectivity index (χ1v) is 24.0. The number of nitrogens with zero attached hydrogens (tertiary/aromatic N) is 1. The molecule has 3 aliphatic carbocycles. The van der Waals surface area contributed by atoms with Gasteiger partial charge < -0.3 is 4.90 Å². The first-order chi connectivity index (χ1) is 29.3. The van der Waals surface area contributed by atoms with Crippen LogP contribution in [0.25, 0.3) is 31.3 Å². The number of rotatable bonds is 7. The molecule has 8 aromatic rings. The van der Waals surface area contributed by atoms with E-state index in [2.05, 4.69) is 211 Å². The number of hydrogen-bond donors (Lipinski definition) is 0. The Labute approximate surface area is 351 Å². The van der Waals surface area contributed by atoms with Crippen LogP contribution < -0.4 is 20.5 Å². The summed E-state index contributed by atoms with van der Waals surface area (Å²) < 4.78 is 2.75. The van der Waals surface area contributed by atoms with Crippen LogP contribution in [0.3, 0.4) is 0 Å². The fraction of sp³-hybridized carbons (Fsp3) is 0.107. The van der Waals surface area contributed by atoms with E-state index in [1.807, 2.05) is 11.3 Å². The Kier molecular flexibility index (Phi) is 8.21. The van der Waals surface area contributed by atoms with E-state index in [0.717, 1.165) is 19.3 Å². The molecule has 2 heterocycles. The average molecular weight is 790 g/mol. The molecule has 0 fully saturated rings. The first-order valence-electron chi connectivity index (χ1n) is 21.2. The number of hydrogen-bond acceptors (Lipinski definition) is 2. The number of anilines is 1. The molecule has 0 saturated carbocycles. The zero-order valence-corrected chi connectivity index (χ0v) is 34.7. The SMILES string of the molecule is C1=CC2c3ccccc3N(C3=CCCC=C3)C2C([Si](c2ccccc2)(c2ccccc2)c2ccc(C[C@@H]3c4ccccc4-c4ccc5sc6ccccc6c5c43)cc2)=C1. The minimum absolute atomic E-state index is 0.160. The average Bonchev–Trinajstić information content (AvgIpc) is 3.96. The third-order valence-electron chi connectivity index (χ3n) is 13.6. The third-order valence-corrected chi connectivity index (χ3v) is 19.6. The van der Waals surface area contributed by atoms with Gasteiger partial charge in [-0.15, -0.1) is 11.3 Å². The minimum atomic E-state index is -2.88. The minimum Gasteiger partial charge on any atom is -0.334 e. The zero-order chi connectivity index (χ0) is 38.9. The van der Waals surface area contributed by atoms with Gasteiger partial charge in [0, 0.05) is 43.4 Å². The van der Waals surface area contributed by atoms with Crippen molar-refractivity contribution in [2.75, 3.05) is 4.90 Å². The summed E-state index contributed by atoms with van der Waals surface area (Å²) in [6.45, 7) is 0. The van der Waals surface area contributed by atoms with Gasteiger partial charge in [0.15, 0.2) is 8.07 Å². The standard InChI is InChI=1S/C56H43NSSi/c1-4-17-39(18-5-1)57-50-28-14-12-25-45(50)47-27-16-30-53(56(47)57)59(40-19-6-2-7-20-40,41-21-8-3-9-22-41)42-33-31-38(32-34-42)37-49-44-24-11-10-23-43(44)46-35-36-52-55(54(46)49)48-26-13-15-29-51(48)58-52/h2-4,6-36,47,49,56H,1,5,37H2/t47?,49-,56?/m1/s1. The van der Waals surface area contributed by atoms with Gasteiger partial charge in [0.25, 0.3) is 0 Å². The Morgan fingerprint density at radius 1 is 0.593 bits per heavy atom. The number of allylic oxidation sites excluding steroid dienone is 5. The molecule has 3 atom stereocenters. The Bertz CT molecular complexity index is 3000. The Hall–Kier alpha value is -6.26. The summed E-state index contributed by atoms with van der Waals surface area (Å²) in [6.07, 6.45) is 17.7. The number of para-hydroxylation sites is 1. The van der Waals surface area contributed by atoms with Crippen molar-refractivity contribution in [2.45, 2.75) is 37.1 Å². The van der Waals surface area contributed by atoms with E-state index in [0.29, 0.717) is 0 Å². The lowest BCUT2D eigenvalue weighted by Gasteiger charge is -2.44. The van der Waals surface area contributed by atoms with Crippen molar-refractivity contribution in [1.82, 2.24) is 0 Å². The molecule has 2 unspecified atom stereocenters. The molecule has 1 nitrogen and oxygen atoms in total. The zero-order valence-electron chi connectivity index (χ0n) is 32.8. The van der Waals surface area contributed by atoms with Crippen LogP contribution >= 0.6 is 11.3 Å². The molecule has 4 aliphatic rings. The summed E-state index contributed by atoms with van der Waals surface area (Å²) in [5.74, 6) is 0.543. The molecular formula is C56H43NSSi. The first kappa shape index (κ1) is 34.7. The Morgan fingerprint density at radius 3 is 2.07 bits per heavy atom. The van der Waals surface area contributed by atoms with Gasteiger partial charge in [-0.2, -0.15) is 0 Å². The molecular weight excluding hydrogens is 747 g/mol. The van der Waals surface area contributed by atoms with E-state index in [4.69, 9.17) is 0 Å². The molecule has 7 aromatic carbocycles. The Balaban J connectivity index is 1.03. The highest BCUT2D eigenvalue weighted by molar-refractivity contribution is 7.25. The molecule has 12 rings (SSSR count). The molecule has 0 saturated heterocycles. The summed E-state index contributed by atoms with van der Waals surface area (Å²) in [5, 5.41) is 8.65.